The van der Waals surface area contributed by atoms with Crippen LogP contribution in [-0.2, 0) is 11.0 Å². The molecule has 164 valence electrons. The normalized spacial score (nSPS) is 21.5. The van der Waals surface area contributed by atoms with E-state index in [-0.39, 0.29) is 17.4 Å². The first-order valence-corrected chi connectivity index (χ1v) is 10.3. The van der Waals surface area contributed by atoms with Crippen molar-refractivity contribution in [1.29, 1.82) is 0 Å². The first-order valence-electron chi connectivity index (χ1n) is 10.3. The zero-order valence-corrected chi connectivity index (χ0v) is 17.1. The molecule has 1 aliphatic heterocycles. The Labute approximate surface area is 178 Å². The Morgan fingerprint density at radius 2 is 1.61 bits per heavy atom. The van der Waals surface area contributed by atoms with Crippen LogP contribution in [0.25, 0.3) is 6.08 Å². The van der Waals surface area contributed by atoms with Gasteiger partial charge in [-0.05, 0) is 54.8 Å². The lowest BCUT2D eigenvalue weighted by molar-refractivity contribution is -0.137. The Kier molecular flexibility index (Phi) is 5.64. The number of nitrogens with zero attached hydrogens (tertiary/aromatic N) is 2. The summed E-state index contributed by atoms with van der Waals surface area (Å²) in [4.78, 5) is 28.2. The Bertz CT molecular complexity index is 986. The predicted molar refractivity (Wildman–Crippen MR) is 108 cm³/mol. The van der Waals surface area contributed by atoms with Crippen LogP contribution in [0.1, 0.15) is 46.7 Å². The Balaban J connectivity index is 1.29. The number of benzene rings is 1. The molecule has 31 heavy (non-hydrogen) atoms. The van der Waals surface area contributed by atoms with Gasteiger partial charge < -0.3 is 14.2 Å². The van der Waals surface area contributed by atoms with E-state index >= 15 is 0 Å². The maximum absolute atomic E-state index is 12.7. The van der Waals surface area contributed by atoms with Gasteiger partial charge in [0, 0.05) is 43.7 Å². The molecule has 0 N–H and O–H groups in total. The van der Waals surface area contributed by atoms with Gasteiger partial charge in [-0.2, -0.15) is 13.2 Å². The third-order valence-electron chi connectivity index (χ3n) is 5.85. The molecule has 2 amide bonds. The van der Waals surface area contributed by atoms with Crippen molar-refractivity contribution >= 4 is 17.9 Å². The molecule has 4 rings (SSSR count). The van der Waals surface area contributed by atoms with Crippen LogP contribution < -0.4 is 0 Å². The van der Waals surface area contributed by atoms with Gasteiger partial charge in [0.15, 0.2) is 0 Å². The molecule has 0 spiro atoms. The zero-order chi connectivity index (χ0) is 22.2. The minimum absolute atomic E-state index is 0.167. The van der Waals surface area contributed by atoms with Crippen LogP contribution in [0.15, 0.2) is 46.9 Å². The molecule has 2 unspecified atom stereocenters. The molecule has 2 heterocycles. The predicted octanol–water partition coefficient (Wildman–Crippen LogP) is 4.42. The number of hydrogen-bond donors (Lipinski definition) is 0. The monoisotopic (exact) mass is 432 g/mol. The quantitative estimate of drug-likeness (QED) is 0.672. The average molecular weight is 432 g/mol. The number of carbonyl (C=O) groups excluding carboxylic acids is 2. The first-order chi connectivity index (χ1) is 14.7. The summed E-state index contributed by atoms with van der Waals surface area (Å²) in [5, 5.41) is 0. The first kappa shape index (κ1) is 21.2. The molecule has 1 saturated carbocycles. The van der Waals surface area contributed by atoms with E-state index in [4.69, 9.17) is 4.42 Å². The fraction of sp³-hybridized carbons (Fsp3) is 0.391. The number of carbonyl (C=O) groups is 2. The van der Waals surface area contributed by atoms with Crippen molar-refractivity contribution in [2.24, 2.45) is 5.92 Å². The van der Waals surface area contributed by atoms with E-state index in [1.807, 2.05) is 12.1 Å². The Morgan fingerprint density at radius 3 is 2.19 bits per heavy atom. The highest BCUT2D eigenvalue weighted by molar-refractivity contribution is 5.95. The highest BCUT2D eigenvalue weighted by Crippen LogP contribution is 2.47. The van der Waals surface area contributed by atoms with Gasteiger partial charge in [0.05, 0.1) is 5.56 Å². The van der Waals surface area contributed by atoms with E-state index in [2.05, 4.69) is 6.92 Å². The van der Waals surface area contributed by atoms with Gasteiger partial charge in [0.1, 0.15) is 11.5 Å². The van der Waals surface area contributed by atoms with Crippen molar-refractivity contribution in [3.63, 3.8) is 0 Å². The van der Waals surface area contributed by atoms with E-state index in [0.717, 1.165) is 24.3 Å². The third kappa shape index (κ3) is 4.84. The number of rotatable bonds is 4. The minimum Gasteiger partial charge on any atom is -0.461 e. The van der Waals surface area contributed by atoms with Crippen LogP contribution >= 0.6 is 0 Å². The van der Waals surface area contributed by atoms with Crippen LogP contribution in [0.3, 0.4) is 0 Å². The van der Waals surface area contributed by atoms with Gasteiger partial charge in [-0.3, -0.25) is 9.59 Å². The summed E-state index contributed by atoms with van der Waals surface area (Å²) in [5.41, 5.74) is -0.590. The van der Waals surface area contributed by atoms with E-state index in [0.29, 0.717) is 43.8 Å². The fourth-order valence-electron chi connectivity index (χ4n) is 3.75. The summed E-state index contributed by atoms with van der Waals surface area (Å²) in [5.74, 6) is 2.21. The van der Waals surface area contributed by atoms with E-state index in [1.165, 1.54) is 18.2 Å². The molecule has 0 bridgehead atoms. The standard InChI is InChI=1S/C23H23F3N2O3/c1-15-14-19(15)20-8-6-18(31-20)7-9-21(29)27-10-12-28(13-11-27)22(30)16-2-4-17(5-3-16)23(24,25)26/h2-9,15,19H,10-14H2,1H3/b9-7+. The lowest BCUT2D eigenvalue weighted by Crippen LogP contribution is -2.50. The van der Waals surface area contributed by atoms with Crippen molar-refractivity contribution < 1.29 is 27.2 Å². The maximum atomic E-state index is 12.7. The summed E-state index contributed by atoms with van der Waals surface area (Å²) in [6, 6.07) is 7.98. The average Bonchev–Trinajstić information content (AvgIpc) is 3.30. The number of alkyl halides is 3. The van der Waals surface area contributed by atoms with Crippen molar-refractivity contribution in [2.45, 2.75) is 25.4 Å². The van der Waals surface area contributed by atoms with Crippen LogP contribution in [0, 0.1) is 5.92 Å². The van der Waals surface area contributed by atoms with Gasteiger partial charge in [0.2, 0.25) is 5.91 Å². The van der Waals surface area contributed by atoms with Crippen molar-refractivity contribution in [3.05, 3.63) is 65.1 Å². The number of piperazine rings is 1. The highest BCUT2D eigenvalue weighted by Gasteiger charge is 2.36. The van der Waals surface area contributed by atoms with E-state index < -0.39 is 11.7 Å². The lowest BCUT2D eigenvalue weighted by atomic mass is 10.1. The molecule has 1 saturated heterocycles. The molecular formula is C23H23F3N2O3. The molecule has 2 atom stereocenters. The zero-order valence-electron chi connectivity index (χ0n) is 17.1. The van der Waals surface area contributed by atoms with Gasteiger partial charge in [-0.15, -0.1) is 0 Å². The molecule has 8 heteroatoms. The van der Waals surface area contributed by atoms with E-state index in [1.54, 1.807) is 15.9 Å². The van der Waals surface area contributed by atoms with Gasteiger partial charge in [-0.1, -0.05) is 6.92 Å². The van der Waals surface area contributed by atoms with Gasteiger partial charge in [0.25, 0.3) is 5.91 Å². The summed E-state index contributed by atoms with van der Waals surface area (Å²) < 4.78 is 43.8. The van der Waals surface area contributed by atoms with Crippen LogP contribution in [0.5, 0.6) is 0 Å². The molecule has 0 radical (unpaired) electrons. The third-order valence-corrected chi connectivity index (χ3v) is 5.85. The number of furan rings is 1. The summed E-state index contributed by atoms with van der Waals surface area (Å²) >= 11 is 0. The smallest absolute Gasteiger partial charge is 0.416 e. The molecule has 2 aromatic rings. The second kappa shape index (κ2) is 8.24. The van der Waals surface area contributed by atoms with Crippen LogP contribution in [0.4, 0.5) is 13.2 Å². The maximum Gasteiger partial charge on any atom is 0.416 e. The summed E-state index contributed by atoms with van der Waals surface area (Å²) in [7, 11) is 0. The molecule has 1 aliphatic carbocycles. The van der Waals surface area contributed by atoms with Crippen LogP contribution in [0.2, 0.25) is 0 Å². The topological polar surface area (TPSA) is 53.8 Å². The molecule has 1 aromatic carbocycles. The van der Waals surface area contributed by atoms with Gasteiger partial charge >= 0.3 is 6.18 Å². The number of halogens is 3. The van der Waals surface area contributed by atoms with Crippen molar-refractivity contribution in [2.75, 3.05) is 26.2 Å². The molecule has 5 nitrogen and oxygen atoms in total. The molecule has 2 fully saturated rings. The SMILES string of the molecule is CC1CC1c1ccc(/C=C/C(=O)N2CCN(C(=O)c3ccc(C(F)(F)F)cc3)CC2)o1. The largest absolute Gasteiger partial charge is 0.461 e. The molecular weight excluding hydrogens is 409 g/mol. The van der Waals surface area contributed by atoms with Crippen molar-refractivity contribution in [3.8, 4) is 0 Å². The minimum atomic E-state index is -4.44. The Hall–Kier alpha value is -3.03. The summed E-state index contributed by atoms with van der Waals surface area (Å²) in [6.45, 7) is 3.54. The molecule has 1 aromatic heterocycles. The van der Waals surface area contributed by atoms with Gasteiger partial charge in [-0.25, -0.2) is 0 Å². The molecule has 2 aliphatic rings. The van der Waals surface area contributed by atoms with Crippen molar-refractivity contribution in [1.82, 2.24) is 9.80 Å². The fourth-order valence-corrected chi connectivity index (χ4v) is 3.75. The number of amides is 2. The lowest BCUT2D eigenvalue weighted by Gasteiger charge is -2.34. The second-order valence-electron chi connectivity index (χ2n) is 8.09. The summed E-state index contributed by atoms with van der Waals surface area (Å²) in [6.07, 6.45) is -0.190. The van der Waals surface area contributed by atoms with E-state index in [9.17, 15) is 22.8 Å². The Morgan fingerprint density at radius 1 is 1.00 bits per heavy atom. The number of hydrogen-bond acceptors (Lipinski definition) is 3. The second-order valence-corrected chi connectivity index (χ2v) is 8.09. The highest BCUT2D eigenvalue weighted by atomic mass is 19.4. The van der Waals surface area contributed by atoms with Crippen LogP contribution in [-0.4, -0.2) is 47.8 Å².